The highest BCUT2D eigenvalue weighted by Gasteiger charge is 2.22. The minimum atomic E-state index is -0.402. The highest BCUT2D eigenvalue weighted by Crippen LogP contribution is 2.31. The molecule has 0 saturated carbocycles. The highest BCUT2D eigenvalue weighted by molar-refractivity contribution is 5.82. The van der Waals surface area contributed by atoms with Gasteiger partial charge in [0.05, 0.1) is 11.6 Å². The highest BCUT2D eigenvalue weighted by atomic mass is 19.1. The van der Waals surface area contributed by atoms with E-state index in [0.29, 0.717) is 23.4 Å². The topological polar surface area (TPSA) is 47.0 Å². The van der Waals surface area contributed by atoms with Crippen LogP contribution in [-0.4, -0.2) is 16.2 Å². The van der Waals surface area contributed by atoms with Crippen LogP contribution in [0.2, 0.25) is 0 Å². The Morgan fingerprint density at radius 1 is 1.60 bits per heavy atom. The monoisotopic (exact) mass is 208 g/mol. The Kier molecular flexibility index (Phi) is 1.49. The average Bonchev–Trinajstić information content (AvgIpc) is 2.49. The van der Waals surface area contributed by atoms with Crippen LogP contribution in [-0.2, 0) is 0 Å². The van der Waals surface area contributed by atoms with Crippen molar-refractivity contribution in [3.05, 3.63) is 28.4 Å². The summed E-state index contributed by atoms with van der Waals surface area (Å²) in [7, 11) is 0. The number of aromatic amines is 1. The van der Waals surface area contributed by atoms with Gasteiger partial charge in [-0.25, -0.2) is 9.18 Å². The molecule has 78 valence electrons. The smallest absolute Gasteiger partial charge is 0.326 e. The zero-order valence-electron chi connectivity index (χ0n) is 8.08. The molecule has 1 atom stereocenters. The number of hydrogen-bond donors (Lipinski definition) is 1. The molecule has 1 aromatic carbocycles. The lowest BCUT2D eigenvalue weighted by atomic mass is 10.2. The summed E-state index contributed by atoms with van der Waals surface area (Å²) in [4.78, 5) is 14.2. The molecule has 0 spiro atoms. The van der Waals surface area contributed by atoms with Crippen molar-refractivity contribution < 1.29 is 9.13 Å². The molecule has 1 aliphatic heterocycles. The zero-order chi connectivity index (χ0) is 10.6. The van der Waals surface area contributed by atoms with Crippen molar-refractivity contribution in [1.29, 1.82) is 0 Å². The van der Waals surface area contributed by atoms with Gasteiger partial charge in [-0.15, -0.1) is 0 Å². The van der Waals surface area contributed by atoms with Crippen molar-refractivity contribution in [2.75, 3.05) is 6.61 Å². The number of benzene rings is 1. The van der Waals surface area contributed by atoms with Crippen molar-refractivity contribution in [2.24, 2.45) is 0 Å². The van der Waals surface area contributed by atoms with E-state index in [1.807, 2.05) is 6.92 Å². The Labute approximate surface area is 84.3 Å². The van der Waals surface area contributed by atoms with E-state index in [0.717, 1.165) is 0 Å². The summed E-state index contributed by atoms with van der Waals surface area (Å²) in [5.74, 6) is 0.0295. The number of aromatic nitrogens is 2. The van der Waals surface area contributed by atoms with Crippen LogP contribution in [0, 0.1) is 5.82 Å². The SMILES string of the molecule is C[C@H]1COc2cc(F)cc3[nH]c(=O)n1c23. The largest absolute Gasteiger partial charge is 0.489 e. The Morgan fingerprint density at radius 3 is 3.20 bits per heavy atom. The second kappa shape index (κ2) is 2.62. The standard InChI is InChI=1S/C10H9FN2O2/c1-5-4-15-8-3-6(11)2-7-9(8)13(5)10(14)12-7/h2-3,5H,4H2,1H3,(H,12,14)/t5-/m0/s1. The molecule has 2 aromatic rings. The summed E-state index contributed by atoms with van der Waals surface area (Å²) in [6.07, 6.45) is 0. The van der Waals surface area contributed by atoms with Crippen molar-refractivity contribution in [3.8, 4) is 5.75 Å². The van der Waals surface area contributed by atoms with Crippen LogP contribution in [0.3, 0.4) is 0 Å². The Balaban J connectivity index is 2.52. The lowest BCUT2D eigenvalue weighted by Gasteiger charge is -2.21. The molecule has 0 amide bonds. The predicted molar refractivity (Wildman–Crippen MR) is 52.7 cm³/mol. The van der Waals surface area contributed by atoms with Crippen molar-refractivity contribution >= 4 is 11.0 Å². The fraction of sp³-hybridized carbons (Fsp3) is 0.300. The van der Waals surface area contributed by atoms with E-state index in [2.05, 4.69) is 4.98 Å². The van der Waals surface area contributed by atoms with Gasteiger partial charge in [0, 0.05) is 6.07 Å². The summed E-state index contributed by atoms with van der Waals surface area (Å²) in [5, 5.41) is 0. The second-order valence-corrected chi connectivity index (χ2v) is 3.76. The second-order valence-electron chi connectivity index (χ2n) is 3.76. The molecule has 0 aliphatic carbocycles. The zero-order valence-corrected chi connectivity index (χ0v) is 8.08. The molecule has 0 fully saturated rings. The molecular formula is C10H9FN2O2. The maximum absolute atomic E-state index is 13.1. The minimum absolute atomic E-state index is 0.0239. The summed E-state index contributed by atoms with van der Waals surface area (Å²) in [6, 6.07) is 2.58. The van der Waals surface area contributed by atoms with E-state index < -0.39 is 5.82 Å². The van der Waals surface area contributed by atoms with Crippen LogP contribution in [0.5, 0.6) is 5.75 Å². The molecule has 0 saturated heterocycles. The third kappa shape index (κ3) is 1.03. The van der Waals surface area contributed by atoms with Crippen LogP contribution in [0.1, 0.15) is 13.0 Å². The van der Waals surface area contributed by atoms with Crippen molar-refractivity contribution in [3.63, 3.8) is 0 Å². The van der Waals surface area contributed by atoms with Gasteiger partial charge in [-0.3, -0.25) is 4.57 Å². The number of nitrogens with one attached hydrogen (secondary N) is 1. The molecule has 3 rings (SSSR count). The lowest BCUT2D eigenvalue weighted by molar-refractivity contribution is 0.244. The fourth-order valence-corrected chi connectivity index (χ4v) is 2.01. The van der Waals surface area contributed by atoms with Crippen LogP contribution >= 0.6 is 0 Å². The number of ether oxygens (including phenoxy) is 1. The average molecular weight is 208 g/mol. The number of rotatable bonds is 0. The Morgan fingerprint density at radius 2 is 2.40 bits per heavy atom. The maximum Gasteiger partial charge on any atom is 0.326 e. The number of imidazole rings is 1. The molecule has 2 heterocycles. The quantitative estimate of drug-likeness (QED) is 0.711. The Hall–Kier alpha value is -1.78. The van der Waals surface area contributed by atoms with E-state index in [-0.39, 0.29) is 11.7 Å². The van der Waals surface area contributed by atoms with E-state index in [1.54, 1.807) is 4.57 Å². The molecule has 0 bridgehead atoms. The van der Waals surface area contributed by atoms with Gasteiger partial charge in [0.1, 0.15) is 23.7 Å². The van der Waals surface area contributed by atoms with Gasteiger partial charge in [0.25, 0.3) is 0 Å². The predicted octanol–water partition coefficient (Wildman–Crippen LogP) is 1.42. The summed E-state index contributed by atoms with van der Waals surface area (Å²) >= 11 is 0. The van der Waals surface area contributed by atoms with E-state index in [4.69, 9.17) is 4.74 Å². The summed E-state index contributed by atoms with van der Waals surface area (Å²) < 4.78 is 20.1. The number of hydrogen-bond acceptors (Lipinski definition) is 2. The molecule has 1 aliphatic rings. The number of halogens is 1. The molecular weight excluding hydrogens is 199 g/mol. The Bertz CT molecular complexity index is 599. The molecule has 0 radical (unpaired) electrons. The number of nitrogens with zero attached hydrogens (tertiary/aromatic N) is 1. The van der Waals surface area contributed by atoms with Gasteiger partial charge >= 0.3 is 5.69 Å². The molecule has 5 heteroatoms. The van der Waals surface area contributed by atoms with E-state index >= 15 is 0 Å². The van der Waals surface area contributed by atoms with E-state index in [9.17, 15) is 9.18 Å². The molecule has 1 aromatic heterocycles. The van der Waals surface area contributed by atoms with Crippen LogP contribution in [0.4, 0.5) is 4.39 Å². The summed E-state index contributed by atoms with van der Waals surface area (Å²) in [6.45, 7) is 2.28. The molecule has 0 unspecified atom stereocenters. The van der Waals surface area contributed by atoms with Gasteiger partial charge < -0.3 is 9.72 Å². The van der Waals surface area contributed by atoms with Crippen molar-refractivity contribution in [1.82, 2.24) is 9.55 Å². The first-order valence-corrected chi connectivity index (χ1v) is 4.73. The van der Waals surface area contributed by atoms with Gasteiger partial charge in [-0.2, -0.15) is 0 Å². The van der Waals surface area contributed by atoms with Gasteiger partial charge in [-0.05, 0) is 13.0 Å². The first-order valence-electron chi connectivity index (χ1n) is 4.73. The first kappa shape index (κ1) is 8.52. The fourth-order valence-electron chi connectivity index (χ4n) is 2.01. The maximum atomic E-state index is 13.1. The van der Waals surface area contributed by atoms with Gasteiger partial charge in [-0.1, -0.05) is 0 Å². The van der Waals surface area contributed by atoms with Gasteiger partial charge in [0.15, 0.2) is 0 Å². The first-order chi connectivity index (χ1) is 7.16. The molecule has 15 heavy (non-hydrogen) atoms. The lowest BCUT2D eigenvalue weighted by Crippen LogP contribution is -2.27. The number of H-pyrrole nitrogens is 1. The molecule has 4 nitrogen and oxygen atoms in total. The van der Waals surface area contributed by atoms with E-state index in [1.165, 1.54) is 12.1 Å². The van der Waals surface area contributed by atoms with Crippen molar-refractivity contribution in [2.45, 2.75) is 13.0 Å². The van der Waals surface area contributed by atoms with Crippen LogP contribution in [0.15, 0.2) is 16.9 Å². The van der Waals surface area contributed by atoms with Crippen LogP contribution < -0.4 is 10.4 Å². The van der Waals surface area contributed by atoms with Crippen LogP contribution in [0.25, 0.3) is 11.0 Å². The summed E-state index contributed by atoms with van der Waals surface area (Å²) in [5.41, 5.74) is 0.925. The third-order valence-corrected chi connectivity index (χ3v) is 2.66. The third-order valence-electron chi connectivity index (χ3n) is 2.66. The molecule has 1 N–H and O–H groups in total. The normalized spacial score (nSPS) is 19.2. The minimum Gasteiger partial charge on any atom is -0.489 e. The van der Waals surface area contributed by atoms with Gasteiger partial charge in [0.2, 0.25) is 0 Å².